The molecule has 6 nitrogen and oxygen atoms in total. The molecular formula is C10H10N2O4S. The molecule has 0 aromatic carbocycles. The van der Waals surface area contributed by atoms with Crippen LogP contribution in [0.1, 0.15) is 28.4 Å². The average molecular weight is 254 g/mol. The third kappa shape index (κ3) is 2.82. The molecule has 0 unspecified atom stereocenters. The number of aromatic nitrogens is 2. The monoisotopic (exact) mass is 254 g/mol. The lowest BCUT2D eigenvalue weighted by Gasteiger charge is -1.97. The summed E-state index contributed by atoms with van der Waals surface area (Å²) in [4.78, 5) is 10.9. The Morgan fingerprint density at radius 2 is 2.29 bits per heavy atom. The Bertz CT molecular complexity index is 520. The molecule has 0 bridgehead atoms. The Kier molecular flexibility index (Phi) is 3.38. The smallest absolute Gasteiger partial charge is 0.346 e. The predicted octanol–water partition coefficient (Wildman–Crippen LogP) is 1.97. The molecule has 0 amide bonds. The zero-order valence-electron chi connectivity index (χ0n) is 9.04. The standard InChI is InChI=1S/C10H10N2O4S/c1-2-8-11-12-9(16-8)4-15-6-3-7(10(13)14)17-5-6/h3,5H,2,4H2,1H3,(H,13,14). The molecule has 2 aromatic heterocycles. The molecule has 0 spiro atoms. The number of ether oxygens (including phenoxy) is 1. The average Bonchev–Trinajstić information content (AvgIpc) is 2.95. The molecule has 2 rings (SSSR count). The number of hydrogen-bond acceptors (Lipinski definition) is 6. The number of rotatable bonds is 5. The van der Waals surface area contributed by atoms with Crippen LogP contribution in [-0.4, -0.2) is 21.3 Å². The fraction of sp³-hybridized carbons (Fsp3) is 0.300. The zero-order chi connectivity index (χ0) is 12.3. The molecule has 7 heteroatoms. The van der Waals surface area contributed by atoms with Gasteiger partial charge in [0.1, 0.15) is 10.6 Å². The maximum atomic E-state index is 10.6. The minimum Gasteiger partial charge on any atom is -0.483 e. The summed E-state index contributed by atoms with van der Waals surface area (Å²) >= 11 is 1.11. The highest BCUT2D eigenvalue weighted by atomic mass is 32.1. The zero-order valence-corrected chi connectivity index (χ0v) is 9.86. The molecule has 0 saturated heterocycles. The van der Waals surface area contributed by atoms with Gasteiger partial charge in [-0.05, 0) is 0 Å². The highest BCUT2D eigenvalue weighted by Gasteiger charge is 2.09. The van der Waals surface area contributed by atoms with Gasteiger partial charge in [-0.2, -0.15) is 0 Å². The van der Waals surface area contributed by atoms with Gasteiger partial charge in [-0.25, -0.2) is 4.79 Å². The fourth-order valence-electron chi connectivity index (χ4n) is 1.14. The van der Waals surface area contributed by atoms with Crippen molar-refractivity contribution in [1.29, 1.82) is 0 Å². The van der Waals surface area contributed by atoms with Crippen LogP contribution in [0.2, 0.25) is 0 Å². The molecular weight excluding hydrogens is 244 g/mol. The van der Waals surface area contributed by atoms with Gasteiger partial charge in [-0.15, -0.1) is 21.5 Å². The van der Waals surface area contributed by atoms with Crippen molar-refractivity contribution in [3.63, 3.8) is 0 Å². The first-order chi connectivity index (χ1) is 8.19. The first-order valence-electron chi connectivity index (χ1n) is 4.95. The van der Waals surface area contributed by atoms with Crippen molar-refractivity contribution in [3.05, 3.63) is 28.1 Å². The molecule has 2 aromatic rings. The molecule has 90 valence electrons. The fourth-order valence-corrected chi connectivity index (χ4v) is 1.81. The number of nitrogens with zero attached hydrogens (tertiary/aromatic N) is 2. The van der Waals surface area contributed by atoms with E-state index in [0.29, 0.717) is 24.0 Å². The molecule has 0 radical (unpaired) electrons. The van der Waals surface area contributed by atoms with Gasteiger partial charge < -0.3 is 14.3 Å². The molecule has 2 heterocycles. The lowest BCUT2D eigenvalue weighted by Crippen LogP contribution is -1.95. The van der Waals surface area contributed by atoms with Crippen LogP contribution < -0.4 is 4.74 Å². The van der Waals surface area contributed by atoms with Gasteiger partial charge in [0.25, 0.3) is 5.89 Å². The van der Waals surface area contributed by atoms with E-state index in [1.807, 2.05) is 6.92 Å². The normalized spacial score (nSPS) is 10.4. The first kappa shape index (κ1) is 11.6. The third-order valence-corrected chi connectivity index (χ3v) is 2.86. The molecule has 17 heavy (non-hydrogen) atoms. The van der Waals surface area contributed by atoms with E-state index in [2.05, 4.69) is 10.2 Å². The van der Waals surface area contributed by atoms with Crippen molar-refractivity contribution in [2.75, 3.05) is 0 Å². The summed E-state index contributed by atoms with van der Waals surface area (Å²) in [6.07, 6.45) is 0.675. The minimum absolute atomic E-state index is 0.142. The number of thiophene rings is 1. The molecule has 0 atom stereocenters. The summed E-state index contributed by atoms with van der Waals surface area (Å²) in [6.45, 7) is 2.05. The van der Waals surface area contributed by atoms with E-state index in [0.717, 1.165) is 11.3 Å². The highest BCUT2D eigenvalue weighted by Crippen LogP contribution is 2.22. The van der Waals surface area contributed by atoms with Crippen LogP contribution in [0.4, 0.5) is 0 Å². The Hall–Kier alpha value is -1.89. The van der Waals surface area contributed by atoms with Crippen molar-refractivity contribution >= 4 is 17.3 Å². The summed E-state index contributed by atoms with van der Waals surface area (Å²) < 4.78 is 10.6. The highest BCUT2D eigenvalue weighted by molar-refractivity contribution is 7.12. The van der Waals surface area contributed by atoms with Crippen LogP contribution in [0.3, 0.4) is 0 Å². The van der Waals surface area contributed by atoms with E-state index < -0.39 is 5.97 Å². The van der Waals surface area contributed by atoms with Gasteiger partial charge >= 0.3 is 5.97 Å². The SMILES string of the molecule is CCc1nnc(COc2csc(C(=O)O)c2)o1. The van der Waals surface area contributed by atoms with Gasteiger partial charge in [-0.1, -0.05) is 6.92 Å². The number of aromatic carboxylic acids is 1. The molecule has 0 aliphatic carbocycles. The Morgan fingerprint density at radius 1 is 1.53 bits per heavy atom. The second-order valence-corrected chi connectivity index (χ2v) is 4.09. The van der Waals surface area contributed by atoms with E-state index in [-0.39, 0.29) is 11.5 Å². The first-order valence-corrected chi connectivity index (χ1v) is 5.83. The minimum atomic E-state index is -0.962. The van der Waals surface area contributed by atoms with Crippen molar-refractivity contribution < 1.29 is 19.1 Å². The Labute approximate surface area is 101 Å². The third-order valence-electron chi connectivity index (χ3n) is 1.96. The van der Waals surface area contributed by atoms with E-state index in [1.54, 1.807) is 5.38 Å². The number of carboxylic acids is 1. The van der Waals surface area contributed by atoms with Gasteiger partial charge in [-0.3, -0.25) is 0 Å². The largest absolute Gasteiger partial charge is 0.483 e. The van der Waals surface area contributed by atoms with Crippen LogP contribution in [-0.2, 0) is 13.0 Å². The molecule has 0 fully saturated rings. The van der Waals surface area contributed by atoms with Crippen molar-refractivity contribution in [2.45, 2.75) is 20.0 Å². The van der Waals surface area contributed by atoms with Crippen molar-refractivity contribution in [2.24, 2.45) is 0 Å². The van der Waals surface area contributed by atoms with Crippen LogP contribution in [0.5, 0.6) is 5.75 Å². The summed E-state index contributed by atoms with van der Waals surface area (Å²) in [5, 5.41) is 17.9. The quantitative estimate of drug-likeness (QED) is 0.877. The van der Waals surface area contributed by atoms with Crippen LogP contribution in [0.15, 0.2) is 15.9 Å². The number of carbonyl (C=O) groups is 1. The van der Waals surface area contributed by atoms with E-state index in [4.69, 9.17) is 14.3 Å². The molecule has 1 N–H and O–H groups in total. The van der Waals surface area contributed by atoms with Crippen LogP contribution in [0, 0.1) is 0 Å². The molecule has 0 saturated carbocycles. The molecule has 0 aliphatic heterocycles. The summed E-state index contributed by atoms with van der Waals surface area (Å²) in [7, 11) is 0. The Balaban J connectivity index is 1.94. The van der Waals surface area contributed by atoms with Gasteiger partial charge in [0, 0.05) is 17.9 Å². The number of hydrogen-bond donors (Lipinski definition) is 1. The van der Waals surface area contributed by atoms with Crippen molar-refractivity contribution in [1.82, 2.24) is 10.2 Å². The lowest BCUT2D eigenvalue weighted by atomic mass is 10.4. The van der Waals surface area contributed by atoms with E-state index in [1.165, 1.54) is 6.07 Å². The Morgan fingerprint density at radius 3 is 2.88 bits per heavy atom. The van der Waals surface area contributed by atoms with Crippen LogP contribution >= 0.6 is 11.3 Å². The second kappa shape index (κ2) is 4.96. The van der Waals surface area contributed by atoms with Crippen molar-refractivity contribution in [3.8, 4) is 5.75 Å². The van der Waals surface area contributed by atoms with Gasteiger partial charge in [0.2, 0.25) is 5.89 Å². The second-order valence-electron chi connectivity index (χ2n) is 3.18. The topological polar surface area (TPSA) is 85.5 Å². The lowest BCUT2D eigenvalue weighted by molar-refractivity contribution is 0.0702. The molecule has 0 aliphatic rings. The predicted molar refractivity (Wildman–Crippen MR) is 59.3 cm³/mol. The van der Waals surface area contributed by atoms with E-state index in [9.17, 15) is 4.79 Å². The van der Waals surface area contributed by atoms with Crippen LogP contribution in [0.25, 0.3) is 0 Å². The van der Waals surface area contributed by atoms with Gasteiger partial charge in [0.15, 0.2) is 6.61 Å². The van der Waals surface area contributed by atoms with E-state index >= 15 is 0 Å². The summed E-state index contributed by atoms with van der Waals surface area (Å²) in [6, 6.07) is 1.46. The summed E-state index contributed by atoms with van der Waals surface area (Å²) in [5.74, 6) is 0.463. The van der Waals surface area contributed by atoms with Gasteiger partial charge in [0.05, 0.1) is 0 Å². The number of carboxylic acid groups (broad SMARTS) is 1. The summed E-state index contributed by atoms with van der Waals surface area (Å²) in [5.41, 5.74) is 0. The number of aryl methyl sites for hydroxylation is 1. The maximum Gasteiger partial charge on any atom is 0.346 e. The maximum absolute atomic E-state index is 10.6.